The smallest absolute Gasteiger partial charge is 0.160 e. The number of benzene rings is 1. The summed E-state index contributed by atoms with van der Waals surface area (Å²) in [5.41, 5.74) is 1.94. The van der Waals surface area contributed by atoms with Crippen LogP contribution in [0.25, 0.3) is 11.6 Å². The molecule has 1 N–H and O–H groups in total. The maximum atomic E-state index is 9.70. The summed E-state index contributed by atoms with van der Waals surface area (Å²) in [6.07, 6.45) is 4.96. The van der Waals surface area contributed by atoms with E-state index in [4.69, 9.17) is 4.74 Å². The SMILES string of the molecule is COc1ccc(/C=C(\C#N)c2cccnc2)cc1O. The molecule has 0 amide bonds. The summed E-state index contributed by atoms with van der Waals surface area (Å²) in [6, 6.07) is 10.7. The van der Waals surface area contributed by atoms with Crippen LogP contribution in [0, 0.1) is 11.3 Å². The predicted molar refractivity (Wildman–Crippen MR) is 72.4 cm³/mol. The number of methoxy groups -OCH3 is 1. The van der Waals surface area contributed by atoms with Gasteiger partial charge in [-0.15, -0.1) is 0 Å². The zero-order valence-corrected chi connectivity index (χ0v) is 10.4. The van der Waals surface area contributed by atoms with Crippen molar-refractivity contribution < 1.29 is 9.84 Å². The molecular formula is C15H12N2O2. The van der Waals surface area contributed by atoms with Crippen LogP contribution in [0.2, 0.25) is 0 Å². The lowest BCUT2D eigenvalue weighted by molar-refractivity contribution is 0.373. The highest BCUT2D eigenvalue weighted by molar-refractivity contribution is 5.89. The molecule has 1 aromatic heterocycles. The quantitative estimate of drug-likeness (QED) is 0.853. The van der Waals surface area contributed by atoms with E-state index in [1.807, 2.05) is 6.07 Å². The summed E-state index contributed by atoms with van der Waals surface area (Å²) >= 11 is 0. The second-order valence-electron chi connectivity index (χ2n) is 3.84. The molecular weight excluding hydrogens is 240 g/mol. The molecule has 2 aromatic rings. The first kappa shape index (κ1) is 12.7. The fraction of sp³-hybridized carbons (Fsp3) is 0.0667. The van der Waals surface area contributed by atoms with Crippen molar-refractivity contribution in [2.24, 2.45) is 0 Å². The van der Waals surface area contributed by atoms with Gasteiger partial charge in [0.05, 0.1) is 18.8 Å². The number of hydrogen-bond donors (Lipinski definition) is 1. The molecule has 0 aliphatic carbocycles. The Kier molecular flexibility index (Phi) is 3.79. The van der Waals surface area contributed by atoms with Crippen molar-refractivity contribution in [1.29, 1.82) is 5.26 Å². The third kappa shape index (κ3) is 2.90. The number of nitriles is 1. The zero-order chi connectivity index (χ0) is 13.7. The third-order valence-corrected chi connectivity index (χ3v) is 2.61. The molecule has 0 saturated carbocycles. The monoisotopic (exact) mass is 252 g/mol. The maximum Gasteiger partial charge on any atom is 0.160 e. The van der Waals surface area contributed by atoms with E-state index in [-0.39, 0.29) is 5.75 Å². The Labute approximate surface area is 111 Å². The van der Waals surface area contributed by atoms with Crippen molar-refractivity contribution in [1.82, 2.24) is 4.98 Å². The molecule has 0 aliphatic heterocycles. The third-order valence-electron chi connectivity index (χ3n) is 2.61. The van der Waals surface area contributed by atoms with Gasteiger partial charge in [0.2, 0.25) is 0 Å². The summed E-state index contributed by atoms with van der Waals surface area (Å²) in [7, 11) is 1.49. The molecule has 0 radical (unpaired) electrons. The van der Waals surface area contributed by atoms with E-state index < -0.39 is 0 Å². The molecule has 1 aromatic carbocycles. The van der Waals surface area contributed by atoms with Crippen LogP contribution >= 0.6 is 0 Å². The van der Waals surface area contributed by atoms with Crippen LogP contribution in [-0.2, 0) is 0 Å². The summed E-state index contributed by atoms with van der Waals surface area (Å²) in [6.45, 7) is 0. The molecule has 0 saturated heterocycles. The Balaban J connectivity index is 2.39. The molecule has 94 valence electrons. The first-order valence-corrected chi connectivity index (χ1v) is 5.64. The second kappa shape index (κ2) is 5.69. The van der Waals surface area contributed by atoms with Crippen LogP contribution in [0.15, 0.2) is 42.7 Å². The molecule has 4 nitrogen and oxygen atoms in total. The fourth-order valence-corrected chi connectivity index (χ4v) is 1.67. The lowest BCUT2D eigenvalue weighted by atomic mass is 10.1. The molecule has 4 heteroatoms. The Bertz CT molecular complexity index is 643. The highest BCUT2D eigenvalue weighted by Crippen LogP contribution is 2.28. The van der Waals surface area contributed by atoms with Crippen molar-refractivity contribution >= 4 is 11.6 Å². The van der Waals surface area contributed by atoms with Crippen LogP contribution in [0.4, 0.5) is 0 Å². The molecule has 0 bridgehead atoms. The summed E-state index contributed by atoms with van der Waals surface area (Å²) in [5, 5.41) is 18.9. The minimum Gasteiger partial charge on any atom is -0.504 e. The van der Waals surface area contributed by atoms with E-state index >= 15 is 0 Å². The Morgan fingerprint density at radius 3 is 2.84 bits per heavy atom. The van der Waals surface area contributed by atoms with Gasteiger partial charge < -0.3 is 9.84 Å². The predicted octanol–water partition coefficient (Wildman–Crippen LogP) is 2.86. The van der Waals surface area contributed by atoms with E-state index in [2.05, 4.69) is 11.1 Å². The fourth-order valence-electron chi connectivity index (χ4n) is 1.67. The van der Waals surface area contributed by atoms with E-state index in [9.17, 15) is 10.4 Å². The minimum atomic E-state index is 0.0414. The second-order valence-corrected chi connectivity index (χ2v) is 3.84. The normalized spacial score (nSPS) is 10.8. The van der Waals surface area contributed by atoms with Gasteiger partial charge in [0.15, 0.2) is 11.5 Å². The van der Waals surface area contributed by atoms with E-state index in [0.29, 0.717) is 11.3 Å². The average Bonchev–Trinajstić information content (AvgIpc) is 2.46. The van der Waals surface area contributed by atoms with E-state index in [1.54, 1.807) is 42.7 Å². The van der Waals surface area contributed by atoms with Crippen molar-refractivity contribution in [3.63, 3.8) is 0 Å². The van der Waals surface area contributed by atoms with Crippen LogP contribution in [0.1, 0.15) is 11.1 Å². The summed E-state index contributed by atoms with van der Waals surface area (Å²) < 4.78 is 4.97. The number of phenols is 1. The van der Waals surface area contributed by atoms with Crippen molar-refractivity contribution in [3.8, 4) is 17.6 Å². The lowest BCUT2D eigenvalue weighted by Crippen LogP contribution is -1.85. The number of aromatic hydroxyl groups is 1. The van der Waals surface area contributed by atoms with Crippen LogP contribution in [0.5, 0.6) is 11.5 Å². The number of hydrogen-bond acceptors (Lipinski definition) is 4. The number of ether oxygens (including phenoxy) is 1. The number of rotatable bonds is 3. The molecule has 0 aliphatic rings. The molecule has 0 unspecified atom stereocenters. The molecule has 19 heavy (non-hydrogen) atoms. The molecule has 0 spiro atoms. The molecule has 2 rings (SSSR count). The van der Waals surface area contributed by atoms with Crippen LogP contribution in [-0.4, -0.2) is 17.2 Å². The standard InChI is InChI=1S/C15H12N2O2/c1-19-15-5-4-11(8-14(15)18)7-13(9-16)12-3-2-6-17-10-12/h2-8,10,18H,1H3/b13-7+. The molecule has 1 heterocycles. The van der Waals surface area contributed by atoms with E-state index in [0.717, 1.165) is 11.1 Å². The largest absolute Gasteiger partial charge is 0.504 e. The van der Waals surface area contributed by atoms with Crippen LogP contribution in [0.3, 0.4) is 0 Å². The zero-order valence-electron chi connectivity index (χ0n) is 10.4. The van der Waals surface area contributed by atoms with Gasteiger partial charge in [-0.25, -0.2) is 0 Å². The van der Waals surface area contributed by atoms with Gasteiger partial charge in [-0.3, -0.25) is 4.98 Å². The van der Waals surface area contributed by atoms with Gasteiger partial charge in [-0.1, -0.05) is 12.1 Å². The first-order valence-electron chi connectivity index (χ1n) is 5.64. The van der Waals surface area contributed by atoms with Gasteiger partial charge in [0, 0.05) is 18.0 Å². The van der Waals surface area contributed by atoms with Gasteiger partial charge >= 0.3 is 0 Å². The topological polar surface area (TPSA) is 66.1 Å². The summed E-state index contributed by atoms with van der Waals surface area (Å²) in [5.74, 6) is 0.441. The van der Waals surface area contributed by atoms with Gasteiger partial charge in [0.25, 0.3) is 0 Å². The van der Waals surface area contributed by atoms with Gasteiger partial charge in [0.1, 0.15) is 0 Å². The minimum absolute atomic E-state index is 0.0414. The number of phenolic OH excluding ortho intramolecular Hbond substituents is 1. The summed E-state index contributed by atoms with van der Waals surface area (Å²) in [4.78, 5) is 3.98. The first-order chi connectivity index (χ1) is 9.24. The van der Waals surface area contributed by atoms with Gasteiger partial charge in [-0.05, 0) is 29.8 Å². The van der Waals surface area contributed by atoms with Crippen molar-refractivity contribution in [3.05, 3.63) is 53.9 Å². The highest BCUT2D eigenvalue weighted by Gasteiger charge is 2.04. The van der Waals surface area contributed by atoms with Gasteiger partial charge in [-0.2, -0.15) is 5.26 Å². The lowest BCUT2D eigenvalue weighted by Gasteiger charge is -2.04. The Morgan fingerprint density at radius 2 is 2.26 bits per heavy atom. The van der Waals surface area contributed by atoms with Crippen molar-refractivity contribution in [2.45, 2.75) is 0 Å². The Morgan fingerprint density at radius 1 is 1.42 bits per heavy atom. The molecule has 0 fully saturated rings. The Hall–Kier alpha value is -2.80. The number of nitrogens with zero attached hydrogens (tertiary/aromatic N) is 2. The van der Waals surface area contributed by atoms with E-state index in [1.165, 1.54) is 7.11 Å². The maximum absolute atomic E-state index is 9.70. The van der Waals surface area contributed by atoms with Crippen molar-refractivity contribution in [2.75, 3.05) is 7.11 Å². The van der Waals surface area contributed by atoms with Crippen LogP contribution < -0.4 is 4.74 Å². The molecule has 0 atom stereocenters. The highest BCUT2D eigenvalue weighted by atomic mass is 16.5. The number of allylic oxidation sites excluding steroid dienone is 1. The average molecular weight is 252 g/mol. The number of pyridine rings is 1. The number of aromatic nitrogens is 1.